The van der Waals surface area contributed by atoms with Crippen molar-refractivity contribution in [1.29, 1.82) is 0 Å². The maximum Gasteiger partial charge on any atom is 0.311 e. The molecule has 1 aliphatic carbocycles. The van der Waals surface area contributed by atoms with Gasteiger partial charge < -0.3 is 9.84 Å². The first kappa shape index (κ1) is 11.5. The van der Waals surface area contributed by atoms with Crippen molar-refractivity contribution in [3.05, 3.63) is 0 Å². The number of carbonyl (C=O) groups is 1. The summed E-state index contributed by atoms with van der Waals surface area (Å²) in [6.45, 7) is 2.56. The van der Waals surface area contributed by atoms with Crippen LogP contribution < -0.4 is 0 Å². The summed E-state index contributed by atoms with van der Waals surface area (Å²) >= 11 is 0. The van der Waals surface area contributed by atoms with Crippen molar-refractivity contribution >= 4 is 5.97 Å². The molecular formula is C11H20O3. The van der Waals surface area contributed by atoms with Gasteiger partial charge in [-0.2, -0.15) is 0 Å². The van der Waals surface area contributed by atoms with Crippen molar-refractivity contribution in [3.8, 4) is 0 Å². The summed E-state index contributed by atoms with van der Waals surface area (Å²) in [6, 6.07) is 0. The van der Waals surface area contributed by atoms with Crippen molar-refractivity contribution in [2.24, 2.45) is 5.92 Å². The maximum atomic E-state index is 11.5. The molecule has 1 saturated carbocycles. The molecule has 0 saturated heterocycles. The third kappa shape index (κ3) is 3.29. The minimum atomic E-state index is -0.474. The van der Waals surface area contributed by atoms with Crippen LogP contribution in [0.15, 0.2) is 0 Å². The van der Waals surface area contributed by atoms with Crippen LogP contribution in [0.25, 0.3) is 0 Å². The molecule has 0 radical (unpaired) electrons. The molecule has 0 aromatic carbocycles. The Kier molecular flexibility index (Phi) is 4.94. The number of aliphatic hydroxyl groups is 1. The van der Waals surface area contributed by atoms with Gasteiger partial charge in [-0.1, -0.05) is 26.2 Å². The summed E-state index contributed by atoms with van der Waals surface area (Å²) in [5.41, 5.74) is 0. The monoisotopic (exact) mass is 200 g/mol. The highest BCUT2D eigenvalue weighted by Gasteiger charge is 2.30. The van der Waals surface area contributed by atoms with Gasteiger partial charge in [0.1, 0.15) is 0 Å². The van der Waals surface area contributed by atoms with Crippen LogP contribution in [0.5, 0.6) is 0 Å². The average molecular weight is 200 g/mol. The largest absolute Gasteiger partial charge is 0.465 e. The Morgan fingerprint density at radius 2 is 2.14 bits per heavy atom. The van der Waals surface area contributed by atoms with E-state index in [1.807, 2.05) is 0 Å². The van der Waals surface area contributed by atoms with Crippen LogP contribution in [0, 0.1) is 5.92 Å². The molecule has 0 aromatic rings. The van der Waals surface area contributed by atoms with Crippen molar-refractivity contribution in [2.75, 3.05) is 6.61 Å². The Hall–Kier alpha value is -0.570. The van der Waals surface area contributed by atoms with E-state index in [0.717, 1.165) is 38.5 Å². The molecular weight excluding hydrogens is 180 g/mol. The number of ether oxygens (including phenoxy) is 1. The molecule has 3 nitrogen and oxygen atoms in total. The predicted molar refractivity (Wildman–Crippen MR) is 53.8 cm³/mol. The van der Waals surface area contributed by atoms with E-state index in [-0.39, 0.29) is 11.9 Å². The zero-order chi connectivity index (χ0) is 10.4. The number of unbranched alkanes of at least 4 members (excludes halogenated alkanes) is 1. The molecule has 0 aromatic heterocycles. The van der Waals surface area contributed by atoms with E-state index >= 15 is 0 Å². The van der Waals surface area contributed by atoms with Crippen LogP contribution in [0.3, 0.4) is 0 Å². The molecule has 14 heavy (non-hydrogen) atoms. The summed E-state index contributed by atoms with van der Waals surface area (Å²) < 4.78 is 5.09. The van der Waals surface area contributed by atoms with E-state index in [1.54, 1.807) is 0 Å². The lowest BCUT2D eigenvalue weighted by molar-refractivity contribution is -0.154. The quantitative estimate of drug-likeness (QED) is 0.556. The molecule has 1 N–H and O–H groups in total. The number of esters is 1. The lowest BCUT2D eigenvalue weighted by atomic mass is 9.87. The number of rotatable bonds is 4. The van der Waals surface area contributed by atoms with Crippen LogP contribution in [0.4, 0.5) is 0 Å². The molecule has 0 spiro atoms. The van der Waals surface area contributed by atoms with E-state index in [0.29, 0.717) is 6.61 Å². The van der Waals surface area contributed by atoms with Crippen molar-refractivity contribution < 1.29 is 14.6 Å². The topological polar surface area (TPSA) is 46.5 Å². The smallest absolute Gasteiger partial charge is 0.311 e. The van der Waals surface area contributed by atoms with Gasteiger partial charge in [0.25, 0.3) is 0 Å². The van der Waals surface area contributed by atoms with Gasteiger partial charge in [-0.05, 0) is 19.3 Å². The molecule has 0 heterocycles. The molecule has 3 heteroatoms. The Morgan fingerprint density at radius 1 is 1.43 bits per heavy atom. The zero-order valence-corrected chi connectivity index (χ0v) is 8.87. The summed E-state index contributed by atoms with van der Waals surface area (Å²) in [4.78, 5) is 11.5. The fourth-order valence-electron chi connectivity index (χ4n) is 1.81. The molecule has 1 aliphatic rings. The first-order valence-corrected chi connectivity index (χ1v) is 5.60. The highest BCUT2D eigenvalue weighted by molar-refractivity contribution is 5.73. The third-order valence-corrected chi connectivity index (χ3v) is 2.77. The van der Waals surface area contributed by atoms with E-state index in [1.165, 1.54) is 0 Å². The molecule has 82 valence electrons. The number of hydrogen-bond donors (Lipinski definition) is 1. The van der Waals surface area contributed by atoms with Gasteiger partial charge in [0.2, 0.25) is 0 Å². The summed E-state index contributed by atoms with van der Waals surface area (Å²) in [5, 5.41) is 9.60. The normalized spacial score (nSPS) is 27.3. The molecule has 2 unspecified atom stereocenters. The molecule has 2 atom stereocenters. The maximum absolute atomic E-state index is 11.5. The first-order valence-electron chi connectivity index (χ1n) is 5.60. The number of carbonyl (C=O) groups excluding carboxylic acids is 1. The molecule has 0 amide bonds. The molecule has 1 rings (SSSR count). The van der Waals surface area contributed by atoms with Crippen LogP contribution >= 0.6 is 0 Å². The van der Waals surface area contributed by atoms with Crippen LogP contribution in [-0.4, -0.2) is 23.8 Å². The lowest BCUT2D eigenvalue weighted by Gasteiger charge is -2.25. The summed E-state index contributed by atoms with van der Waals surface area (Å²) in [5.74, 6) is -0.466. The minimum Gasteiger partial charge on any atom is -0.465 e. The fraction of sp³-hybridized carbons (Fsp3) is 0.909. The Labute approximate surface area is 85.5 Å². The second-order valence-electron chi connectivity index (χ2n) is 3.98. The molecule has 1 fully saturated rings. The lowest BCUT2D eigenvalue weighted by Crippen LogP contribution is -2.32. The van der Waals surface area contributed by atoms with E-state index in [2.05, 4.69) is 6.92 Å². The molecule has 0 aliphatic heterocycles. The van der Waals surface area contributed by atoms with E-state index in [4.69, 9.17) is 4.74 Å². The summed E-state index contributed by atoms with van der Waals surface area (Å²) in [7, 11) is 0. The van der Waals surface area contributed by atoms with Crippen LogP contribution in [0.2, 0.25) is 0 Å². The highest BCUT2D eigenvalue weighted by Crippen LogP contribution is 2.25. The standard InChI is InChI=1S/C11H20O3/c1-2-3-8-14-11(13)9-6-4-5-7-10(9)12/h9-10,12H,2-8H2,1H3. The minimum absolute atomic E-state index is 0.203. The highest BCUT2D eigenvalue weighted by atomic mass is 16.5. The van der Waals surface area contributed by atoms with Crippen molar-refractivity contribution in [3.63, 3.8) is 0 Å². The van der Waals surface area contributed by atoms with Crippen molar-refractivity contribution in [2.45, 2.75) is 51.6 Å². The van der Waals surface area contributed by atoms with Crippen LogP contribution in [0.1, 0.15) is 45.4 Å². The predicted octanol–water partition coefficient (Wildman–Crippen LogP) is 1.88. The fourth-order valence-corrected chi connectivity index (χ4v) is 1.81. The second-order valence-corrected chi connectivity index (χ2v) is 3.98. The zero-order valence-electron chi connectivity index (χ0n) is 8.87. The Bertz CT molecular complexity index is 179. The van der Waals surface area contributed by atoms with E-state index < -0.39 is 6.10 Å². The number of hydrogen-bond acceptors (Lipinski definition) is 3. The summed E-state index contributed by atoms with van der Waals surface area (Å²) in [6.07, 6.45) is 5.05. The van der Waals surface area contributed by atoms with Gasteiger partial charge in [0.05, 0.1) is 18.6 Å². The number of aliphatic hydroxyl groups excluding tert-OH is 1. The first-order chi connectivity index (χ1) is 6.75. The Morgan fingerprint density at radius 3 is 2.79 bits per heavy atom. The van der Waals surface area contributed by atoms with Gasteiger partial charge in [0, 0.05) is 0 Å². The third-order valence-electron chi connectivity index (χ3n) is 2.77. The molecule has 0 bridgehead atoms. The van der Waals surface area contributed by atoms with Gasteiger partial charge in [-0.25, -0.2) is 0 Å². The SMILES string of the molecule is CCCCOC(=O)C1CCCCC1O. The van der Waals surface area contributed by atoms with Crippen LogP contribution in [-0.2, 0) is 9.53 Å². The van der Waals surface area contributed by atoms with Gasteiger partial charge in [-0.15, -0.1) is 0 Å². The van der Waals surface area contributed by atoms with E-state index in [9.17, 15) is 9.90 Å². The van der Waals surface area contributed by atoms with Gasteiger partial charge in [0.15, 0.2) is 0 Å². The average Bonchev–Trinajstić information content (AvgIpc) is 2.18. The van der Waals surface area contributed by atoms with Gasteiger partial charge in [-0.3, -0.25) is 4.79 Å². The van der Waals surface area contributed by atoms with Crippen molar-refractivity contribution in [1.82, 2.24) is 0 Å². The Balaban J connectivity index is 2.27. The van der Waals surface area contributed by atoms with Gasteiger partial charge >= 0.3 is 5.97 Å². The second kappa shape index (κ2) is 6.02.